The Kier molecular flexibility index (Phi) is 4.84. The van der Waals surface area contributed by atoms with E-state index in [1.807, 2.05) is 30.9 Å². The summed E-state index contributed by atoms with van der Waals surface area (Å²) in [6.45, 7) is 2.53. The summed E-state index contributed by atoms with van der Waals surface area (Å²) in [5.41, 5.74) is 2.58. The van der Waals surface area contributed by atoms with Crippen LogP contribution in [0.3, 0.4) is 0 Å². The van der Waals surface area contributed by atoms with Gasteiger partial charge in [0.15, 0.2) is 5.65 Å². The number of likely N-dealkylation sites (N-methyl/N-ethyl adjacent to an activating group) is 2. The van der Waals surface area contributed by atoms with E-state index in [9.17, 15) is 9.18 Å². The van der Waals surface area contributed by atoms with Gasteiger partial charge in [0, 0.05) is 44.3 Å². The van der Waals surface area contributed by atoms with Gasteiger partial charge in [0.1, 0.15) is 17.2 Å². The molecule has 0 aromatic carbocycles. The van der Waals surface area contributed by atoms with Gasteiger partial charge in [0.2, 0.25) is 0 Å². The molecule has 4 aromatic heterocycles. The van der Waals surface area contributed by atoms with Crippen LogP contribution in [-0.4, -0.2) is 55.8 Å². The van der Waals surface area contributed by atoms with Crippen LogP contribution >= 0.6 is 0 Å². The molecule has 0 spiro atoms. The van der Waals surface area contributed by atoms with Crippen LogP contribution in [0.2, 0.25) is 0 Å². The van der Waals surface area contributed by atoms with E-state index in [0.29, 0.717) is 29.2 Å². The van der Waals surface area contributed by atoms with Crippen LogP contribution in [0.1, 0.15) is 5.69 Å². The van der Waals surface area contributed by atoms with E-state index < -0.39 is 5.82 Å². The van der Waals surface area contributed by atoms with E-state index in [-0.39, 0.29) is 5.56 Å². The molecule has 1 N–H and O–H groups in total. The highest BCUT2D eigenvalue weighted by Gasteiger charge is 2.11. The summed E-state index contributed by atoms with van der Waals surface area (Å²) < 4.78 is 16.4. The van der Waals surface area contributed by atoms with Crippen molar-refractivity contribution in [1.82, 2.24) is 34.0 Å². The molecule has 0 aliphatic heterocycles. The molecule has 144 valence electrons. The lowest BCUT2D eigenvalue weighted by Crippen LogP contribution is -2.27. The zero-order valence-corrected chi connectivity index (χ0v) is 15.6. The van der Waals surface area contributed by atoms with Crippen LogP contribution in [0.15, 0.2) is 47.8 Å². The lowest BCUT2D eigenvalue weighted by atomic mass is 10.3. The quantitative estimate of drug-likeness (QED) is 0.541. The Bertz CT molecular complexity index is 1200. The maximum absolute atomic E-state index is 13.4. The van der Waals surface area contributed by atoms with Crippen LogP contribution in [0.25, 0.3) is 22.7 Å². The van der Waals surface area contributed by atoms with Crippen molar-refractivity contribution in [3.05, 3.63) is 64.9 Å². The van der Waals surface area contributed by atoms with E-state index in [4.69, 9.17) is 0 Å². The van der Waals surface area contributed by atoms with Gasteiger partial charge in [-0.25, -0.2) is 14.4 Å². The number of imidazole rings is 1. The van der Waals surface area contributed by atoms with E-state index >= 15 is 0 Å². The second kappa shape index (κ2) is 7.45. The smallest absolute Gasteiger partial charge is 0.258 e. The Labute approximate surface area is 160 Å². The molecule has 0 saturated heterocycles. The Morgan fingerprint density at radius 1 is 1.14 bits per heavy atom. The average Bonchev–Trinajstić information content (AvgIpc) is 3.10. The van der Waals surface area contributed by atoms with Crippen molar-refractivity contribution >= 4 is 11.3 Å². The molecule has 4 heterocycles. The largest absolute Gasteiger partial charge is 0.318 e. The van der Waals surface area contributed by atoms with E-state index in [2.05, 4.69) is 25.2 Å². The molecule has 8 nitrogen and oxygen atoms in total. The predicted molar refractivity (Wildman–Crippen MR) is 104 cm³/mol. The van der Waals surface area contributed by atoms with Gasteiger partial charge in [-0.05, 0) is 26.2 Å². The molecule has 0 fully saturated rings. The lowest BCUT2D eigenvalue weighted by Gasteiger charge is -2.15. The number of fused-ring (bicyclic) bond motifs is 2. The fourth-order valence-corrected chi connectivity index (χ4v) is 3.01. The minimum Gasteiger partial charge on any atom is -0.318 e. The first-order chi connectivity index (χ1) is 13.5. The Hall–Kier alpha value is -3.17. The van der Waals surface area contributed by atoms with E-state index in [0.717, 1.165) is 25.0 Å². The lowest BCUT2D eigenvalue weighted by molar-refractivity contribution is 0.323. The molecule has 4 rings (SSSR count). The van der Waals surface area contributed by atoms with Gasteiger partial charge in [-0.3, -0.25) is 19.1 Å². The Morgan fingerprint density at radius 2 is 1.96 bits per heavy atom. The molecule has 0 radical (unpaired) electrons. The summed E-state index contributed by atoms with van der Waals surface area (Å²) in [5, 5.41) is 3.12. The van der Waals surface area contributed by atoms with Crippen molar-refractivity contribution in [2.75, 3.05) is 27.2 Å². The average molecular weight is 381 g/mol. The Morgan fingerprint density at radius 3 is 2.79 bits per heavy atom. The summed E-state index contributed by atoms with van der Waals surface area (Å²) in [7, 11) is 3.96. The molecule has 9 heteroatoms. The Balaban J connectivity index is 1.67. The summed E-state index contributed by atoms with van der Waals surface area (Å²) in [6.07, 6.45) is 6.56. The third-order valence-corrected chi connectivity index (χ3v) is 4.46. The number of rotatable bonds is 6. The van der Waals surface area contributed by atoms with Crippen LogP contribution in [0, 0.1) is 5.82 Å². The number of pyridine rings is 1. The van der Waals surface area contributed by atoms with Crippen LogP contribution in [-0.2, 0) is 6.54 Å². The fourth-order valence-electron chi connectivity index (χ4n) is 3.01. The normalized spacial score (nSPS) is 11.7. The number of aromatic nitrogens is 5. The highest BCUT2D eigenvalue weighted by atomic mass is 19.1. The van der Waals surface area contributed by atoms with Gasteiger partial charge < -0.3 is 9.72 Å². The molecule has 0 aliphatic rings. The molecule has 0 atom stereocenters. The SMILES string of the molecule is CNCCN(C)Cc1cn2cc(-c3cc(=O)n4cc(F)ccc4n3)nc2cn1. The second-order valence-electron chi connectivity index (χ2n) is 6.67. The number of nitrogens with zero attached hydrogens (tertiary/aromatic N) is 6. The van der Waals surface area contributed by atoms with Crippen LogP contribution in [0.4, 0.5) is 4.39 Å². The summed E-state index contributed by atoms with van der Waals surface area (Å²) in [5.74, 6) is -0.491. The standard InChI is InChI=1S/C19H20FN7O/c1-21-5-6-25(2)10-14-11-26-12-16(24-18(26)8-22-14)15-7-19(28)27-9-13(20)3-4-17(27)23-15/h3-4,7-9,11-12,21H,5-6,10H2,1-2H3. The maximum atomic E-state index is 13.4. The summed E-state index contributed by atoms with van der Waals surface area (Å²) in [6, 6.07) is 4.10. The van der Waals surface area contributed by atoms with Gasteiger partial charge in [0.05, 0.1) is 17.6 Å². The van der Waals surface area contributed by atoms with E-state index in [1.54, 1.807) is 6.20 Å². The van der Waals surface area contributed by atoms with Crippen molar-refractivity contribution in [3.8, 4) is 11.4 Å². The number of hydrogen-bond acceptors (Lipinski definition) is 6. The first-order valence-electron chi connectivity index (χ1n) is 8.89. The topological polar surface area (TPSA) is 79.8 Å². The first kappa shape index (κ1) is 18.2. The number of hydrogen-bond donors (Lipinski definition) is 1. The molecule has 0 aliphatic carbocycles. The van der Waals surface area contributed by atoms with Crippen molar-refractivity contribution in [1.29, 1.82) is 0 Å². The second-order valence-corrected chi connectivity index (χ2v) is 6.67. The predicted octanol–water partition coefficient (Wildman–Crippen LogP) is 1.19. The van der Waals surface area contributed by atoms with Gasteiger partial charge in [0.25, 0.3) is 5.56 Å². The van der Waals surface area contributed by atoms with Gasteiger partial charge in [-0.15, -0.1) is 0 Å². The van der Waals surface area contributed by atoms with Crippen molar-refractivity contribution in [3.63, 3.8) is 0 Å². The van der Waals surface area contributed by atoms with Crippen molar-refractivity contribution < 1.29 is 4.39 Å². The molecule has 28 heavy (non-hydrogen) atoms. The highest BCUT2D eigenvalue weighted by molar-refractivity contribution is 5.60. The van der Waals surface area contributed by atoms with Gasteiger partial charge in [-0.1, -0.05) is 0 Å². The van der Waals surface area contributed by atoms with Gasteiger partial charge in [-0.2, -0.15) is 0 Å². The monoisotopic (exact) mass is 381 g/mol. The molecular formula is C19H20FN7O. The first-order valence-corrected chi connectivity index (χ1v) is 8.89. The summed E-state index contributed by atoms with van der Waals surface area (Å²) in [4.78, 5) is 27.9. The van der Waals surface area contributed by atoms with E-state index in [1.165, 1.54) is 22.6 Å². The maximum Gasteiger partial charge on any atom is 0.258 e. The molecule has 0 bridgehead atoms. The summed E-state index contributed by atoms with van der Waals surface area (Å²) >= 11 is 0. The van der Waals surface area contributed by atoms with Crippen LogP contribution in [0.5, 0.6) is 0 Å². The fraction of sp³-hybridized carbons (Fsp3) is 0.263. The molecule has 0 unspecified atom stereocenters. The molecule has 4 aromatic rings. The van der Waals surface area contributed by atoms with Gasteiger partial charge >= 0.3 is 0 Å². The van der Waals surface area contributed by atoms with Crippen molar-refractivity contribution in [2.45, 2.75) is 6.54 Å². The number of halogens is 1. The third-order valence-electron chi connectivity index (χ3n) is 4.46. The van der Waals surface area contributed by atoms with Crippen molar-refractivity contribution in [2.24, 2.45) is 0 Å². The number of nitrogens with one attached hydrogen (secondary N) is 1. The zero-order valence-electron chi connectivity index (χ0n) is 15.6. The van der Waals surface area contributed by atoms with Crippen LogP contribution < -0.4 is 10.9 Å². The molecule has 0 saturated carbocycles. The zero-order chi connectivity index (χ0) is 19.7. The third kappa shape index (κ3) is 3.62. The highest BCUT2D eigenvalue weighted by Crippen LogP contribution is 2.17. The minimum atomic E-state index is -0.491. The molecule has 0 amide bonds. The minimum absolute atomic E-state index is 0.360. The molecular weight excluding hydrogens is 361 g/mol.